The number of rotatable bonds is 5. The van der Waals surface area contributed by atoms with Gasteiger partial charge in [-0.2, -0.15) is 0 Å². The Morgan fingerprint density at radius 2 is 1.89 bits per heavy atom. The van der Waals surface area contributed by atoms with Crippen LogP contribution in [0.15, 0.2) is 42.6 Å². The van der Waals surface area contributed by atoms with E-state index in [1.165, 1.54) is 5.56 Å². The first-order valence-electron chi connectivity index (χ1n) is 5.72. The van der Waals surface area contributed by atoms with Gasteiger partial charge in [-0.15, -0.1) is 0 Å². The van der Waals surface area contributed by atoms with Crippen LogP contribution in [-0.2, 0) is 13.1 Å². The zero-order valence-corrected chi connectivity index (χ0v) is 12.3. The van der Waals surface area contributed by atoms with E-state index in [4.69, 9.17) is 4.74 Å². The monoisotopic (exact) mass is 354 g/mol. The van der Waals surface area contributed by atoms with E-state index >= 15 is 0 Å². The Bertz CT molecular complexity index is 502. The summed E-state index contributed by atoms with van der Waals surface area (Å²) in [6, 6.07) is 12.4. The molecule has 1 aromatic heterocycles. The van der Waals surface area contributed by atoms with Crippen molar-refractivity contribution in [2.45, 2.75) is 13.1 Å². The van der Waals surface area contributed by atoms with Gasteiger partial charge < -0.3 is 10.1 Å². The lowest BCUT2D eigenvalue weighted by molar-refractivity contribution is 0.408. The molecule has 4 heteroatoms. The minimum atomic E-state index is 0.787. The second kappa shape index (κ2) is 6.70. The van der Waals surface area contributed by atoms with Crippen molar-refractivity contribution >= 4 is 22.6 Å². The second-order valence-corrected chi connectivity index (χ2v) is 4.95. The van der Waals surface area contributed by atoms with Gasteiger partial charge in [0, 0.05) is 19.3 Å². The highest BCUT2D eigenvalue weighted by Crippen LogP contribution is 2.19. The average Bonchev–Trinajstić information content (AvgIpc) is 2.42. The second-order valence-electron chi connectivity index (χ2n) is 3.93. The average molecular weight is 354 g/mol. The molecule has 0 amide bonds. The molecule has 0 aliphatic carbocycles. The van der Waals surface area contributed by atoms with E-state index in [1.54, 1.807) is 7.11 Å². The number of nitrogens with one attached hydrogen (secondary N) is 1. The van der Waals surface area contributed by atoms with Crippen LogP contribution < -0.4 is 10.1 Å². The summed E-state index contributed by atoms with van der Waals surface area (Å²) in [7, 11) is 1.67. The van der Waals surface area contributed by atoms with Crippen LogP contribution in [0.5, 0.6) is 5.75 Å². The first-order valence-corrected chi connectivity index (χ1v) is 6.80. The Hall–Kier alpha value is -1.14. The molecule has 0 radical (unpaired) electrons. The molecule has 94 valence electrons. The summed E-state index contributed by atoms with van der Waals surface area (Å²) >= 11 is 2.17. The number of ether oxygens (including phenoxy) is 1. The van der Waals surface area contributed by atoms with E-state index in [-0.39, 0.29) is 0 Å². The molecule has 0 unspecified atom stereocenters. The number of hydrogen-bond donors (Lipinski definition) is 1. The number of pyridine rings is 1. The summed E-state index contributed by atoms with van der Waals surface area (Å²) in [5.74, 6) is 0.828. The molecule has 0 saturated heterocycles. The fraction of sp³-hybridized carbons (Fsp3) is 0.214. The molecule has 2 aromatic rings. The Balaban J connectivity index is 1.91. The van der Waals surface area contributed by atoms with Crippen molar-refractivity contribution in [1.82, 2.24) is 10.3 Å². The Labute approximate surface area is 121 Å². The van der Waals surface area contributed by atoms with Crippen LogP contribution in [0.2, 0.25) is 0 Å². The summed E-state index contributed by atoms with van der Waals surface area (Å²) < 4.78 is 6.14. The predicted molar refractivity (Wildman–Crippen MR) is 80.5 cm³/mol. The highest BCUT2D eigenvalue weighted by Gasteiger charge is 2.02. The Kier molecular flexibility index (Phi) is 4.95. The molecule has 0 saturated carbocycles. The van der Waals surface area contributed by atoms with Crippen LogP contribution in [0.3, 0.4) is 0 Å². The predicted octanol–water partition coefficient (Wildman–Crippen LogP) is 2.98. The number of aromatic nitrogens is 1. The molecule has 0 fully saturated rings. The van der Waals surface area contributed by atoms with Gasteiger partial charge in [0.05, 0.1) is 7.11 Å². The first kappa shape index (κ1) is 13.3. The summed E-state index contributed by atoms with van der Waals surface area (Å²) in [5, 5.41) is 3.39. The van der Waals surface area contributed by atoms with E-state index < -0.39 is 0 Å². The molecule has 0 aliphatic heterocycles. The summed E-state index contributed by atoms with van der Waals surface area (Å²) in [6.45, 7) is 1.64. The van der Waals surface area contributed by atoms with Crippen LogP contribution in [0.25, 0.3) is 0 Å². The van der Waals surface area contributed by atoms with Crippen LogP contribution >= 0.6 is 22.6 Å². The highest BCUT2D eigenvalue weighted by molar-refractivity contribution is 14.1. The molecule has 2 rings (SSSR count). The van der Waals surface area contributed by atoms with Gasteiger partial charge >= 0.3 is 0 Å². The van der Waals surface area contributed by atoms with Gasteiger partial charge in [0.2, 0.25) is 0 Å². The first-order chi connectivity index (χ1) is 8.79. The van der Waals surface area contributed by atoms with Gasteiger partial charge in [-0.1, -0.05) is 30.3 Å². The molecular weight excluding hydrogens is 339 g/mol. The maximum absolute atomic E-state index is 5.25. The van der Waals surface area contributed by atoms with Crippen molar-refractivity contribution in [3.63, 3.8) is 0 Å². The van der Waals surface area contributed by atoms with Crippen LogP contribution in [0.4, 0.5) is 0 Å². The summed E-state index contributed by atoms with van der Waals surface area (Å²) in [6.07, 6.45) is 1.88. The zero-order valence-electron chi connectivity index (χ0n) is 10.2. The van der Waals surface area contributed by atoms with E-state index in [9.17, 15) is 0 Å². The number of benzene rings is 1. The van der Waals surface area contributed by atoms with Crippen molar-refractivity contribution in [1.29, 1.82) is 0 Å². The highest BCUT2D eigenvalue weighted by atomic mass is 127. The molecule has 1 N–H and O–H groups in total. The quantitative estimate of drug-likeness (QED) is 0.662. The van der Waals surface area contributed by atoms with E-state index in [2.05, 4.69) is 45.0 Å². The maximum atomic E-state index is 5.25. The molecule has 0 atom stereocenters. The number of nitrogens with zero attached hydrogens (tertiary/aromatic N) is 1. The lowest BCUT2D eigenvalue weighted by atomic mass is 10.2. The smallest absolute Gasteiger partial charge is 0.151 e. The van der Waals surface area contributed by atoms with Gasteiger partial charge in [-0.25, -0.2) is 4.98 Å². The topological polar surface area (TPSA) is 34.1 Å². The van der Waals surface area contributed by atoms with Gasteiger partial charge in [0.1, 0.15) is 3.70 Å². The van der Waals surface area contributed by atoms with Crippen LogP contribution in [-0.4, -0.2) is 12.1 Å². The zero-order chi connectivity index (χ0) is 12.8. The lowest BCUT2D eigenvalue weighted by Gasteiger charge is -2.07. The van der Waals surface area contributed by atoms with Crippen molar-refractivity contribution in [2.24, 2.45) is 0 Å². The number of hydrogen-bond acceptors (Lipinski definition) is 3. The molecule has 3 nitrogen and oxygen atoms in total. The summed E-state index contributed by atoms with van der Waals surface area (Å²) in [4.78, 5) is 4.30. The van der Waals surface area contributed by atoms with Gasteiger partial charge in [0.25, 0.3) is 0 Å². The Morgan fingerprint density at radius 1 is 1.17 bits per heavy atom. The molecule has 0 spiro atoms. The van der Waals surface area contributed by atoms with Crippen LogP contribution in [0.1, 0.15) is 11.1 Å². The van der Waals surface area contributed by atoms with E-state index in [1.807, 2.05) is 30.5 Å². The fourth-order valence-corrected chi connectivity index (χ4v) is 2.17. The lowest BCUT2D eigenvalue weighted by Crippen LogP contribution is -2.13. The Morgan fingerprint density at radius 3 is 2.61 bits per heavy atom. The third-order valence-electron chi connectivity index (χ3n) is 2.58. The molecule has 1 aromatic carbocycles. The third-order valence-corrected chi connectivity index (χ3v) is 3.39. The van der Waals surface area contributed by atoms with Crippen molar-refractivity contribution in [2.75, 3.05) is 7.11 Å². The number of halogens is 1. The van der Waals surface area contributed by atoms with Gasteiger partial charge in [0.15, 0.2) is 5.75 Å². The van der Waals surface area contributed by atoms with Gasteiger partial charge in [-0.3, -0.25) is 0 Å². The molecule has 0 bridgehead atoms. The third kappa shape index (κ3) is 3.68. The molecule has 18 heavy (non-hydrogen) atoms. The van der Waals surface area contributed by atoms with E-state index in [0.717, 1.165) is 28.1 Å². The standard InChI is InChI=1S/C14H15IN2O/c1-18-13-7-12(10-17-14(13)15)9-16-8-11-5-3-2-4-6-11/h2-7,10,16H,8-9H2,1H3. The molecular formula is C14H15IN2O. The van der Waals surface area contributed by atoms with E-state index in [0.29, 0.717) is 0 Å². The molecule has 0 aliphatic rings. The van der Waals surface area contributed by atoms with Crippen LogP contribution in [0, 0.1) is 3.70 Å². The fourth-order valence-electron chi connectivity index (χ4n) is 1.66. The maximum Gasteiger partial charge on any atom is 0.151 e. The molecule has 1 heterocycles. The van der Waals surface area contributed by atoms with Crippen molar-refractivity contribution in [3.8, 4) is 5.75 Å². The number of methoxy groups -OCH3 is 1. The van der Waals surface area contributed by atoms with Crippen molar-refractivity contribution in [3.05, 3.63) is 57.4 Å². The SMILES string of the molecule is COc1cc(CNCc2ccccc2)cnc1I. The van der Waals surface area contributed by atoms with Gasteiger partial charge in [-0.05, 0) is 39.8 Å². The normalized spacial score (nSPS) is 10.3. The van der Waals surface area contributed by atoms with Crippen molar-refractivity contribution < 1.29 is 4.74 Å². The largest absolute Gasteiger partial charge is 0.494 e. The summed E-state index contributed by atoms with van der Waals surface area (Å²) in [5.41, 5.74) is 2.41. The minimum absolute atomic E-state index is 0.787. The minimum Gasteiger partial charge on any atom is -0.494 e.